The molecule has 0 bridgehead atoms. The maximum Gasteiger partial charge on any atom is 0.222 e. The highest BCUT2D eigenvalue weighted by molar-refractivity contribution is 6.31. The van der Waals surface area contributed by atoms with Crippen LogP contribution in [0.2, 0.25) is 10.0 Å². The Balaban J connectivity index is 1.51. The first-order valence-electron chi connectivity index (χ1n) is 9.79. The van der Waals surface area contributed by atoms with Crippen molar-refractivity contribution < 1.29 is 14.3 Å². The standard InChI is InChI=1S/C22H26Cl2N2O3/c1-28-20-12-17(14-25-8-4-10-26-9-3-7-22(26)27)19(24)13-21(20)29-15-16-5-2-6-18(23)11-16/h2,5-6,11-13,25H,3-4,7-10,14-15H2,1H3. The highest BCUT2D eigenvalue weighted by Crippen LogP contribution is 2.34. The Morgan fingerprint density at radius 2 is 2.03 bits per heavy atom. The molecule has 2 aromatic rings. The van der Waals surface area contributed by atoms with Crippen molar-refractivity contribution in [3.8, 4) is 11.5 Å². The molecule has 1 amide bonds. The molecule has 3 rings (SSSR count). The predicted octanol–water partition coefficient (Wildman–Crippen LogP) is 4.68. The number of carbonyl (C=O) groups is 1. The van der Waals surface area contributed by atoms with Crippen molar-refractivity contribution in [1.82, 2.24) is 10.2 Å². The largest absolute Gasteiger partial charge is 0.493 e. The Labute approximate surface area is 181 Å². The highest BCUT2D eigenvalue weighted by Gasteiger charge is 2.19. The summed E-state index contributed by atoms with van der Waals surface area (Å²) in [5.74, 6) is 1.50. The third-order valence-electron chi connectivity index (χ3n) is 4.88. The van der Waals surface area contributed by atoms with Gasteiger partial charge in [-0.2, -0.15) is 0 Å². The Bertz CT molecular complexity index is 845. The molecule has 1 heterocycles. The van der Waals surface area contributed by atoms with Crippen molar-refractivity contribution in [1.29, 1.82) is 0 Å². The van der Waals surface area contributed by atoms with Crippen molar-refractivity contribution in [3.63, 3.8) is 0 Å². The van der Waals surface area contributed by atoms with Gasteiger partial charge in [-0.1, -0.05) is 35.3 Å². The van der Waals surface area contributed by atoms with E-state index in [4.69, 9.17) is 32.7 Å². The fourth-order valence-corrected chi connectivity index (χ4v) is 3.76. The fraction of sp³-hybridized carbons (Fsp3) is 0.409. The van der Waals surface area contributed by atoms with Crippen LogP contribution in [-0.4, -0.2) is 37.6 Å². The van der Waals surface area contributed by atoms with Crippen LogP contribution >= 0.6 is 23.2 Å². The summed E-state index contributed by atoms with van der Waals surface area (Å²) in [6.07, 6.45) is 2.59. The van der Waals surface area contributed by atoms with Gasteiger partial charge in [0.05, 0.1) is 7.11 Å². The second kappa shape index (κ2) is 10.7. The van der Waals surface area contributed by atoms with E-state index in [0.717, 1.165) is 43.6 Å². The van der Waals surface area contributed by atoms with Gasteiger partial charge in [0.25, 0.3) is 0 Å². The molecule has 1 aliphatic heterocycles. The highest BCUT2D eigenvalue weighted by atomic mass is 35.5. The molecule has 1 fully saturated rings. The lowest BCUT2D eigenvalue weighted by atomic mass is 10.2. The summed E-state index contributed by atoms with van der Waals surface area (Å²) < 4.78 is 11.4. The lowest BCUT2D eigenvalue weighted by Crippen LogP contribution is -2.28. The lowest BCUT2D eigenvalue weighted by Gasteiger charge is -2.16. The molecule has 1 N–H and O–H groups in total. The van der Waals surface area contributed by atoms with Gasteiger partial charge >= 0.3 is 0 Å². The number of methoxy groups -OCH3 is 1. The number of benzene rings is 2. The van der Waals surface area contributed by atoms with E-state index >= 15 is 0 Å². The van der Waals surface area contributed by atoms with Crippen molar-refractivity contribution in [2.24, 2.45) is 0 Å². The Hall–Kier alpha value is -1.95. The third kappa shape index (κ3) is 6.26. The van der Waals surface area contributed by atoms with Crippen LogP contribution in [0.15, 0.2) is 36.4 Å². The molecule has 2 aromatic carbocycles. The van der Waals surface area contributed by atoms with E-state index in [0.29, 0.717) is 41.1 Å². The quantitative estimate of drug-likeness (QED) is 0.549. The molecule has 7 heteroatoms. The maximum atomic E-state index is 11.6. The summed E-state index contributed by atoms with van der Waals surface area (Å²) in [5.41, 5.74) is 1.91. The minimum absolute atomic E-state index is 0.270. The summed E-state index contributed by atoms with van der Waals surface area (Å²) in [6, 6.07) is 11.2. The Kier molecular flexibility index (Phi) is 8.04. The second-order valence-electron chi connectivity index (χ2n) is 7.03. The van der Waals surface area contributed by atoms with Gasteiger partial charge in [0.2, 0.25) is 5.91 Å². The van der Waals surface area contributed by atoms with Crippen LogP contribution in [0, 0.1) is 0 Å². The molecule has 29 heavy (non-hydrogen) atoms. The molecule has 0 aromatic heterocycles. The SMILES string of the molecule is COc1cc(CNCCCN2CCCC2=O)c(Cl)cc1OCc1cccc(Cl)c1. The smallest absolute Gasteiger partial charge is 0.222 e. The average molecular weight is 437 g/mol. The van der Waals surface area contributed by atoms with E-state index < -0.39 is 0 Å². The summed E-state index contributed by atoms with van der Waals surface area (Å²) in [4.78, 5) is 13.6. The van der Waals surface area contributed by atoms with E-state index in [1.54, 1.807) is 13.2 Å². The van der Waals surface area contributed by atoms with E-state index in [-0.39, 0.29) is 5.91 Å². The van der Waals surface area contributed by atoms with Gasteiger partial charge < -0.3 is 19.7 Å². The van der Waals surface area contributed by atoms with Gasteiger partial charge in [-0.05, 0) is 48.7 Å². The zero-order chi connectivity index (χ0) is 20.6. The van der Waals surface area contributed by atoms with Crippen LogP contribution in [-0.2, 0) is 17.9 Å². The van der Waals surface area contributed by atoms with Gasteiger partial charge in [-0.25, -0.2) is 0 Å². The number of ether oxygens (including phenoxy) is 2. The van der Waals surface area contributed by atoms with Gasteiger partial charge in [-0.3, -0.25) is 4.79 Å². The summed E-state index contributed by atoms with van der Waals surface area (Å²) in [5, 5.41) is 4.68. The van der Waals surface area contributed by atoms with E-state index in [9.17, 15) is 4.79 Å². The minimum atomic E-state index is 0.270. The number of amides is 1. The molecular weight excluding hydrogens is 411 g/mol. The molecule has 1 saturated heterocycles. The Morgan fingerprint density at radius 3 is 2.76 bits per heavy atom. The van der Waals surface area contributed by atoms with Crippen LogP contribution in [0.1, 0.15) is 30.4 Å². The van der Waals surface area contributed by atoms with Crippen molar-refractivity contribution in [2.45, 2.75) is 32.4 Å². The van der Waals surface area contributed by atoms with Gasteiger partial charge in [0.1, 0.15) is 6.61 Å². The molecule has 1 aliphatic rings. The van der Waals surface area contributed by atoms with E-state index in [1.165, 1.54) is 0 Å². The summed E-state index contributed by atoms with van der Waals surface area (Å²) in [7, 11) is 1.61. The van der Waals surface area contributed by atoms with Gasteiger partial charge in [0, 0.05) is 42.2 Å². The molecule has 0 unspecified atom stereocenters. The molecule has 0 saturated carbocycles. The summed E-state index contributed by atoms with van der Waals surface area (Å²) >= 11 is 12.5. The zero-order valence-electron chi connectivity index (χ0n) is 16.5. The minimum Gasteiger partial charge on any atom is -0.493 e. The topological polar surface area (TPSA) is 50.8 Å². The molecule has 0 aliphatic carbocycles. The van der Waals surface area contributed by atoms with Gasteiger partial charge in [-0.15, -0.1) is 0 Å². The van der Waals surface area contributed by atoms with Crippen LogP contribution in [0.3, 0.4) is 0 Å². The van der Waals surface area contributed by atoms with Crippen molar-refractivity contribution in [2.75, 3.05) is 26.7 Å². The summed E-state index contributed by atoms with van der Waals surface area (Å²) in [6.45, 7) is 3.50. The van der Waals surface area contributed by atoms with Crippen LogP contribution < -0.4 is 14.8 Å². The number of hydrogen-bond acceptors (Lipinski definition) is 4. The van der Waals surface area contributed by atoms with Crippen molar-refractivity contribution in [3.05, 3.63) is 57.6 Å². The van der Waals surface area contributed by atoms with Gasteiger partial charge in [0.15, 0.2) is 11.5 Å². The number of rotatable bonds is 10. The van der Waals surface area contributed by atoms with Crippen LogP contribution in [0.5, 0.6) is 11.5 Å². The zero-order valence-corrected chi connectivity index (χ0v) is 18.1. The third-order valence-corrected chi connectivity index (χ3v) is 5.47. The monoisotopic (exact) mass is 436 g/mol. The van der Waals surface area contributed by atoms with Crippen LogP contribution in [0.4, 0.5) is 0 Å². The fourth-order valence-electron chi connectivity index (χ4n) is 3.33. The number of hydrogen-bond donors (Lipinski definition) is 1. The molecule has 0 spiro atoms. The molecule has 5 nitrogen and oxygen atoms in total. The molecule has 0 radical (unpaired) electrons. The normalized spacial score (nSPS) is 13.8. The molecule has 0 atom stereocenters. The maximum absolute atomic E-state index is 11.6. The number of likely N-dealkylation sites (tertiary alicyclic amines) is 1. The average Bonchev–Trinajstić information content (AvgIpc) is 3.12. The predicted molar refractivity (Wildman–Crippen MR) is 116 cm³/mol. The number of nitrogens with one attached hydrogen (secondary N) is 1. The first-order valence-corrected chi connectivity index (χ1v) is 10.5. The molecule has 156 valence electrons. The number of nitrogens with zero attached hydrogens (tertiary/aromatic N) is 1. The lowest BCUT2D eigenvalue weighted by molar-refractivity contribution is -0.127. The first kappa shape index (κ1) is 21.8. The Morgan fingerprint density at radius 1 is 1.17 bits per heavy atom. The second-order valence-corrected chi connectivity index (χ2v) is 7.87. The molecular formula is C22H26Cl2N2O3. The van der Waals surface area contributed by atoms with Crippen molar-refractivity contribution >= 4 is 29.1 Å². The first-order chi connectivity index (χ1) is 14.1. The van der Waals surface area contributed by atoms with E-state index in [1.807, 2.05) is 35.2 Å². The number of halogens is 2. The number of carbonyl (C=O) groups excluding carboxylic acids is 1. The van der Waals surface area contributed by atoms with Crippen LogP contribution in [0.25, 0.3) is 0 Å². The van der Waals surface area contributed by atoms with E-state index in [2.05, 4.69) is 5.32 Å².